The minimum atomic E-state index is -1.91. The zero-order valence-electron chi connectivity index (χ0n) is 8.82. The molecule has 14 heavy (non-hydrogen) atoms. The van der Waals surface area contributed by atoms with Gasteiger partial charge >= 0.3 is 0 Å². The molecule has 0 N–H and O–H groups in total. The van der Waals surface area contributed by atoms with Crippen LogP contribution in [0.4, 0.5) is 8.78 Å². The maximum Gasteiger partial charge on any atom is 0.161 e. The molecule has 1 nitrogen and oxygen atoms in total. The van der Waals surface area contributed by atoms with Crippen molar-refractivity contribution in [2.75, 3.05) is 7.11 Å². The van der Waals surface area contributed by atoms with Crippen molar-refractivity contribution in [2.24, 2.45) is 0 Å². The van der Waals surface area contributed by atoms with Crippen molar-refractivity contribution in [3.63, 3.8) is 0 Å². The normalized spacial score (nSPS) is 11.6. The van der Waals surface area contributed by atoms with Gasteiger partial charge in [-0.15, -0.1) is 0 Å². The number of rotatable bonds is 2. The van der Waals surface area contributed by atoms with Gasteiger partial charge in [-0.2, -0.15) is 0 Å². The van der Waals surface area contributed by atoms with Crippen LogP contribution in [0.5, 0.6) is 5.75 Å². The van der Waals surface area contributed by atoms with Gasteiger partial charge in [-0.05, 0) is 12.1 Å². The van der Waals surface area contributed by atoms with E-state index in [9.17, 15) is 8.78 Å². The molecule has 1 rings (SSSR count). The topological polar surface area (TPSA) is 9.23 Å². The van der Waals surface area contributed by atoms with Crippen LogP contribution in [0, 0.1) is 11.6 Å². The third-order valence-electron chi connectivity index (χ3n) is 2.03. The number of halogens is 2. The molecule has 0 aliphatic heterocycles. The summed E-state index contributed by atoms with van der Waals surface area (Å²) in [5.41, 5.74) is 0. The Morgan fingerprint density at radius 1 is 1.14 bits per heavy atom. The summed E-state index contributed by atoms with van der Waals surface area (Å²) in [4.78, 5) is 0. The smallest absolute Gasteiger partial charge is 0.161 e. The van der Waals surface area contributed by atoms with Crippen LogP contribution in [0.15, 0.2) is 12.1 Å². The Balaban J connectivity index is 3.44. The molecule has 0 aliphatic carbocycles. The molecule has 1 aromatic carbocycles. The lowest BCUT2D eigenvalue weighted by molar-refractivity contribution is 0.411. The summed E-state index contributed by atoms with van der Waals surface area (Å²) in [5, 5.41) is 0.417. The second-order valence-corrected chi connectivity index (χ2v) is 9.19. The third-order valence-corrected chi connectivity index (χ3v) is 3.99. The van der Waals surface area contributed by atoms with E-state index in [-0.39, 0.29) is 0 Å². The fraction of sp³-hybridized carbons (Fsp3) is 0.400. The van der Waals surface area contributed by atoms with Gasteiger partial charge in [0.1, 0.15) is 5.75 Å². The van der Waals surface area contributed by atoms with E-state index in [1.807, 2.05) is 19.6 Å². The Hall–Kier alpha value is -0.903. The zero-order chi connectivity index (χ0) is 10.9. The number of benzene rings is 1. The van der Waals surface area contributed by atoms with Crippen molar-refractivity contribution in [3.8, 4) is 5.75 Å². The highest BCUT2D eigenvalue weighted by atomic mass is 28.3. The number of hydrogen-bond acceptors (Lipinski definition) is 1. The first-order chi connectivity index (χ1) is 6.38. The summed E-state index contributed by atoms with van der Waals surface area (Å²) in [6.45, 7) is 5.86. The Morgan fingerprint density at radius 2 is 1.71 bits per heavy atom. The summed E-state index contributed by atoms with van der Waals surface area (Å²) >= 11 is 0. The molecule has 0 heterocycles. The van der Waals surface area contributed by atoms with Crippen molar-refractivity contribution >= 4 is 13.3 Å². The van der Waals surface area contributed by atoms with Crippen LogP contribution in [0.1, 0.15) is 0 Å². The molecular weight excluding hydrogens is 202 g/mol. The van der Waals surface area contributed by atoms with Crippen molar-refractivity contribution < 1.29 is 13.5 Å². The average Bonchev–Trinajstić information content (AvgIpc) is 2.07. The van der Waals surface area contributed by atoms with Gasteiger partial charge in [0.05, 0.1) is 15.2 Å². The van der Waals surface area contributed by atoms with Gasteiger partial charge < -0.3 is 4.74 Å². The Kier molecular flexibility index (Phi) is 2.94. The monoisotopic (exact) mass is 216 g/mol. The first kappa shape index (κ1) is 11.2. The predicted octanol–water partition coefficient (Wildman–Crippen LogP) is 2.52. The average molecular weight is 216 g/mol. The Labute approximate surface area is 83.7 Å². The van der Waals surface area contributed by atoms with Gasteiger partial charge in [-0.1, -0.05) is 19.6 Å². The van der Waals surface area contributed by atoms with Gasteiger partial charge in [-0.3, -0.25) is 0 Å². The van der Waals surface area contributed by atoms with Crippen LogP contribution >= 0.6 is 0 Å². The third kappa shape index (κ3) is 1.95. The van der Waals surface area contributed by atoms with Gasteiger partial charge in [0, 0.05) is 5.19 Å². The molecule has 0 aliphatic rings. The fourth-order valence-corrected chi connectivity index (χ4v) is 3.10. The molecule has 0 aromatic heterocycles. The van der Waals surface area contributed by atoms with Crippen molar-refractivity contribution in [1.82, 2.24) is 0 Å². The van der Waals surface area contributed by atoms with E-state index in [1.165, 1.54) is 13.2 Å². The second-order valence-electron chi connectivity index (χ2n) is 4.19. The lowest BCUT2D eigenvalue weighted by atomic mass is 10.3. The molecule has 1 aromatic rings. The highest BCUT2D eigenvalue weighted by Gasteiger charge is 2.27. The number of ether oxygens (including phenoxy) is 1. The molecule has 78 valence electrons. The van der Waals surface area contributed by atoms with E-state index in [4.69, 9.17) is 4.74 Å². The van der Waals surface area contributed by atoms with Crippen molar-refractivity contribution in [2.45, 2.75) is 19.6 Å². The van der Waals surface area contributed by atoms with Gasteiger partial charge in [-0.25, -0.2) is 8.78 Å². The highest BCUT2D eigenvalue weighted by Crippen LogP contribution is 2.18. The Morgan fingerprint density at radius 3 is 2.14 bits per heavy atom. The minimum absolute atomic E-state index is 0.417. The minimum Gasteiger partial charge on any atom is -0.497 e. The largest absolute Gasteiger partial charge is 0.497 e. The van der Waals surface area contributed by atoms with Crippen LogP contribution in [0.25, 0.3) is 0 Å². The predicted molar refractivity (Wildman–Crippen MR) is 55.9 cm³/mol. The lowest BCUT2D eigenvalue weighted by Gasteiger charge is -2.20. The number of methoxy groups -OCH3 is 1. The van der Waals surface area contributed by atoms with Crippen LogP contribution in [0.2, 0.25) is 19.6 Å². The molecular formula is C10H14F2OSi. The second kappa shape index (κ2) is 3.69. The molecule has 0 unspecified atom stereocenters. The summed E-state index contributed by atoms with van der Waals surface area (Å²) in [6.07, 6.45) is 0. The highest BCUT2D eigenvalue weighted by molar-refractivity contribution is 6.89. The molecule has 0 spiro atoms. The van der Waals surface area contributed by atoms with Crippen LogP contribution < -0.4 is 9.92 Å². The van der Waals surface area contributed by atoms with Gasteiger partial charge in [0.25, 0.3) is 0 Å². The zero-order valence-corrected chi connectivity index (χ0v) is 9.82. The maximum atomic E-state index is 13.5. The van der Waals surface area contributed by atoms with Gasteiger partial charge in [0.2, 0.25) is 0 Å². The SMILES string of the molecule is COc1ccc(F)c(F)c1[Si](C)(C)C. The molecule has 0 amide bonds. The first-order valence-electron chi connectivity index (χ1n) is 4.40. The summed E-state index contributed by atoms with van der Waals surface area (Å²) < 4.78 is 31.6. The Bertz CT molecular complexity index is 345. The van der Waals surface area contributed by atoms with Crippen molar-refractivity contribution in [3.05, 3.63) is 23.8 Å². The molecule has 0 atom stereocenters. The van der Waals surface area contributed by atoms with E-state index >= 15 is 0 Å². The molecule has 0 radical (unpaired) electrons. The first-order valence-corrected chi connectivity index (χ1v) is 7.90. The van der Waals surface area contributed by atoms with Crippen LogP contribution in [-0.2, 0) is 0 Å². The van der Waals surface area contributed by atoms with E-state index in [0.717, 1.165) is 6.07 Å². The lowest BCUT2D eigenvalue weighted by Crippen LogP contribution is -2.41. The van der Waals surface area contributed by atoms with Crippen LogP contribution in [-0.4, -0.2) is 15.2 Å². The quantitative estimate of drug-likeness (QED) is 0.690. The van der Waals surface area contributed by atoms with Crippen molar-refractivity contribution in [1.29, 1.82) is 0 Å². The molecule has 0 saturated carbocycles. The van der Waals surface area contributed by atoms with E-state index < -0.39 is 19.7 Å². The maximum absolute atomic E-state index is 13.5. The molecule has 0 saturated heterocycles. The summed E-state index contributed by atoms with van der Waals surface area (Å²) in [6, 6.07) is 2.57. The molecule has 0 bridgehead atoms. The summed E-state index contributed by atoms with van der Waals surface area (Å²) in [5.74, 6) is -1.12. The number of hydrogen-bond donors (Lipinski definition) is 0. The summed E-state index contributed by atoms with van der Waals surface area (Å²) in [7, 11) is -0.446. The molecule has 4 heteroatoms. The molecule has 0 fully saturated rings. The van der Waals surface area contributed by atoms with Gasteiger partial charge in [0.15, 0.2) is 11.6 Å². The fourth-order valence-electron chi connectivity index (χ4n) is 1.40. The van der Waals surface area contributed by atoms with Crippen LogP contribution in [0.3, 0.4) is 0 Å². The van der Waals surface area contributed by atoms with E-state index in [2.05, 4.69) is 0 Å². The van der Waals surface area contributed by atoms with E-state index in [0.29, 0.717) is 10.9 Å². The van der Waals surface area contributed by atoms with E-state index in [1.54, 1.807) is 0 Å². The standard InChI is InChI=1S/C10H14F2OSi/c1-13-8-6-5-7(11)9(12)10(8)14(2,3)4/h5-6H,1-4H3.